The average molecular weight is 396 g/mol. The van der Waals surface area contributed by atoms with Crippen LogP contribution in [0.3, 0.4) is 0 Å². The van der Waals surface area contributed by atoms with Gasteiger partial charge in [0.15, 0.2) is 0 Å². The highest BCUT2D eigenvalue weighted by Crippen LogP contribution is 2.39. The van der Waals surface area contributed by atoms with E-state index in [1.165, 1.54) is 11.7 Å². The third-order valence-electron chi connectivity index (χ3n) is 3.93. The molecule has 0 bridgehead atoms. The molecular formula is C18H13Cl2F2N3O. The number of alkyl halides is 2. The molecule has 0 spiro atoms. The summed E-state index contributed by atoms with van der Waals surface area (Å²) in [7, 11) is 1.48. The fourth-order valence-electron chi connectivity index (χ4n) is 2.88. The van der Waals surface area contributed by atoms with E-state index < -0.39 is 18.0 Å². The van der Waals surface area contributed by atoms with Crippen LogP contribution < -0.4 is 5.73 Å². The van der Waals surface area contributed by atoms with Crippen molar-refractivity contribution in [2.75, 3.05) is 0 Å². The van der Waals surface area contributed by atoms with Gasteiger partial charge in [0.25, 0.3) is 12.3 Å². The third kappa shape index (κ3) is 3.18. The molecule has 0 saturated heterocycles. The van der Waals surface area contributed by atoms with E-state index in [2.05, 4.69) is 5.10 Å². The van der Waals surface area contributed by atoms with Crippen LogP contribution in [0.5, 0.6) is 0 Å². The van der Waals surface area contributed by atoms with E-state index in [1.807, 2.05) is 0 Å². The van der Waals surface area contributed by atoms with Gasteiger partial charge in [-0.2, -0.15) is 5.10 Å². The second kappa shape index (κ2) is 7.05. The Balaban J connectivity index is 2.34. The van der Waals surface area contributed by atoms with Gasteiger partial charge in [0.05, 0.1) is 11.3 Å². The first-order valence-electron chi connectivity index (χ1n) is 7.51. The number of hydrogen-bond donors (Lipinski definition) is 1. The number of amides is 1. The molecule has 2 N–H and O–H groups in total. The van der Waals surface area contributed by atoms with Crippen LogP contribution in [0, 0.1) is 0 Å². The SMILES string of the molecule is Cn1nc(C(F)F)c(C(N)=O)c1-c1ccccc1-c1cc(Cl)ccc1Cl. The molecule has 134 valence electrons. The Morgan fingerprint density at radius 2 is 1.77 bits per heavy atom. The molecule has 1 amide bonds. The summed E-state index contributed by atoms with van der Waals surface area (Å²) in [4.78, 5) is 11.9. The van der Waals surface area contributed by atoms with Crippen molar-refractivity contribution in [2.24, 2.45) is 12.8 Å². The molecule has 0 saturated carbocycles. The zero-order chi connectivity index (χ0) is 19.0. The predicted octanol–water partition coefficient (Wildman–Crippen LogP) is 5.10. The van der Waals surface area contributed by atoms with E-state index in [-0.39, 0.29) is 11.3 Å². The lowest BCUT2D eigenvalue weighted by atomic mass is 9.95. The van der Waals surface area contributed by atoms with Gasteiger partial charge >= 0.3 is 0 Å². The number of hydrogen-bond acceptors (Lipinski definition) is 2. The number of benzene rings is 2. The van der Waals surface area contributed by atoms with Crippen molar-refractivity contribution in [2.45, 2.75) is 6.43 Å². The average Bonchev–Trinajstić information content (AvgIpc) is 2.95. The number of rotatable bonds is 4. The van der Waals surface area contributed by atoms with Crippen molar-refractivity contribution in [1.29, 1.82) is 0 Å². The van der Waals surface area contributed by atoms with E-state index in [4.69, 9.17) is 28.9 Å². The van der Waals surface area contributed by atoms with Crippen LogP contribution in [-0.2, 0) is 7.05 Å². The molecule has 0 fully saturated rings. The normalized spacial score (nSPS) is 11.2. The molecule has 8 heteroatoms. The Morgan fingerprint density at radius 3 is 2.38 bits per heavy atom. The van der Waals surface area contributed by atoms with Crippen molar-refractivity contribution >= 4 is 29.1 Å². The summed E-state index contributed by atoms with van der Waals surface area (Å²) in [5.41, 5.74) is 6.32. The van der Waals surface area contributed by atoms with Crippen LogP contribution in [0.15, 0.2) is 42.5 Å². The van der Waals surface area contributed by atoms with Crippen molar-refractivity contribution in [1.82, 2.24) is 9.78 Å². The maximum Gasteiger partial charge on any atom is 0.282 e. The molecule has 1 aromatic heterocycles. The first kappa shape index (κ1) is 18.4. The molecule has 2 aromatic carbocycles. The van der Waals surface area contributed by atoms with E-state index >= 15 is 0 Å². The van der Waals surface area contributed by atoms with Gasteiger partial charge in [0.1, 0.15) is 5.69 Å². The lowest BCUT2D eigenvalue weighted by molar-refractivity contribution is 0.0985. The van der Waals surface area contributed by atoms with Gasteiger partial charge in [-0.3, -0.25) is 9.48 Å². The Bertz CT molecular complexity index is 1000. The van der Waals surface area contributed by atoms with Crippen molar-refractivity contribution in [3.05, 3.63) is 63.8 Å². The molecule has 0 unspecified atom stereocenters. The highest BCUT2D eigenvalue weighted by Gasteiger charge is 2.28. The summed E-state index contributed by atoms with van der Waals surface area (Å²) in [5.74, 6) is -0.976. The summed E-state index contributed by atoms with van der Waals surface area (Å²) < 4.78 is 27.9. The Labute approximate surface area is 158 Å². The zero-order valence-corrected chi connectivity index (χ0v) is 15.0. The molecule has 3 rings (SSSR count). The molecule has 0 aliphatic heterocycles. The quantitative estimate of drug-likeness (QED) is 0.667. The summed E-state index contributed by atoms with van der Waals surface area (Å²) in [6.07, 6.45) is -2.93. The number of carbonyl (C=O) groups is 1. The van der Waals surface area contributed by atoms with Crippen molar-refractivity contribution in [3.63, 3.8) is 0 Å². The molecule has 4 nitrogen and oxygen atoms in total. The minimum atomic E-state index is -2.93. The van der Waals surface area contributed by atoms with Gasteiger partial charge in [-0.05, 0) is 23.8 Å². The number of primary amides is 1. The number of halogens is 4. The maximum atomic E-state index is 13.3. The highest BCUT2D eigenvalue weighted by atomic mass is 35.5. The Morgan fingerprint density at radius 1 is 1.12 bits per heavy atom. The number of aryl methyl sites for hydroxylation is 1. The Hall–Kier alpha value is -2.44. The summed E-state index contributed by atoms with van der Waals surface area (Å²) in [5, 5.41) is 4.68. The van der Waals surface area contributed by atoms with Crippen molar-refractivity contribution in [3.8, 4) is 22.4 Å². The van der Waals surface area contributed by atoms with E-state index in [0.29, 0.717) is 26.7 Å². The number of nitrogens with two attached hydrogens (primary N) is 1. The summed E-state index contributed by atoms with van der Waals surface area (Å²) in [6.45, 7) is 0. The second-order valence-electron chi connectivity index (χ2n) is 5.57. The standard InChI is InChI=1S/C18H13Cl2F2N3O/c1-25-16(14(18(23)26)15(24-25)17(21)22)11-5-3-2-4-10(11)12-8-9(19)6-7-13(12)20/h2-8,17H,1H3,(H2,23,26). The molecule has 0 aliphatic carbocycles. The minimum absolute atomic E-state index is 0.194. The fraction of sp³-hybridized carbons (Fsp3) is 0.111. The molecule has 26 heavy (non-hydrogen) atoms. The van der Waals surface area contributed by atoms with Gasteiger partial charge < -0.3 is 5.73 Å². The number of carbonyl (C=O) groups excluding carboxylic acids is 1. The monoisotopic (exact) mass is 395 g/mol. The van der Waals surface area contributed by atoms with Crippen LogP contribution in [0.2, 0.25) is 10.0 Å². The van der Waals surface area contributed by atoms with Crippen LogP contribution in [0.4, 0.5) is 8.78 Å². The van der Waals surface area contributed by atoms with E-state index in [1.54, 1.807) is 42.5 Å². The topological polar surface area (TPSA) is 60.9 Å². The van der Waals surface area contributed by atoms with Crippen LogP contribution in [-0.4, -0.2) is 15.7 Å². The second-order valence-corrected chi connectivity index (χ2v) is 6.41. The maximum absolute atomic E-state index is 13.3. The first-order valence-corrected chi connectivity index (χ1v) is 8.26. The van der Waals surface area contributed by atoms with E-state index in [0.717, 1.165) is 0 Å². The first-order chi connectivity index (χ1) is 12.3. The van der Waals surface area contributed by atoms with Gasteiger partial charge in [0, 0.05) is 28.2 Å². The smallest absolute Gasteiger partial charge is 0.282 e. The largest absolute Gasteiger partial charge is 0.365 e. The molecule has 1 heterocycles. The van der Waals surface area contributed by atoms with Crippen LogP contribution in [0.1, 0.15) is 22.5 Å². The number of nitrogens with zero attached hydrogens (tertiary/aromatic N) is 2. The lowest BCUT2D eigenvalue weighted by Crippen LogP contribution is -2.14. The fourth-order valence-corrected chi connectivity index (χ4v) is 3.27. The van der Waals surface area contributed by atoms with Crippen LogP contribution in [0.25, 0.3) is 22.4 Å². The Kier molecular flexibility index (Phi) is 4.98. The van der Waals surface area contributed by atoms with Gasteiger partial charge in [-0.15, -0.1) is 0 Å². The zero-order valence-electron chi connectivity index (χ0n) is 13.5. The molecule has 0 aliphatic rings. The molecule has 0 radical (unpaired) electrons. The summed E-state index contributed by atoms with van der Waals surface area (Å²) in [6, 6.07) is 11.9. The third-order valence-corrected chi connectivity index (χ3v) is 4.49. The van der Waals surface area contributed by atoms with Gasteiger partial charge in [-0.1, -0.05) is 47.5 Å². The van der Waals surface area contributed by atoms with Crippen molar-refractivity contribution < 1.29 is 13.6 Å². The number of aromatic nitrogens is 2. The van der Waals surface area contributed by atoms with Gasteiger partial charge in [0.2, 0.25) is 0 Å². The van der Waals surface area contributed by atoms with Gasteiger partial charge in [-0.25, -0.2) is 8.78 Å². The molecule has 3 aromatic rings. The van der Waals surface area contributed by atoms with E-state index in [9.17, 15) is 13.6 Å². The lowest BCUT2D eigenvalue weighted by Gasteiger charge is -2.13. The highest BCUT2D eigenvalue weighted by molar-refractivity contribution is 6.35. The summed E-state index contributed by atoms with van der Waals surface area (Å²) >= 11 is 12.4. The molecule has 0 atom stereocenters. The minimum Gasteiger partial charge on any atom is -0.365 e. The van der Waals surface area contributed by atoms with Crippen LogP contribution >= 0.6 is 23.2 Å². The molecular weight excluding hydrogens is 383 g/mol. The predicted molar refractivity (Wildman–Crippen MR) is 97.6 cm³/mol.